The summed E-state index contributed by atoms with van der Waals surface area (Å²) in [6.45, 7) is 1.01. The number of hydrogen-bond acceptors (Lipinski definition) is 6. The molecule has 0 amide bonds. The molecule has 6 nitrogen and oxygen atoms in total. The second-order valence-corrected chi connectivity index (χ2v) is 5.22. The van der Waals surface area contributed by atoms with Crippen molar-refractivity contribution < 1.29 is 35.4 Å². The summed E-state index contributed by atoms with van der Waals surface area (Å²) in [5.41, 5.74) is -6.11. The lowest BCUT2D eigenvalue weighted by molar-refractivity contribution is -0.111. The lowest BCUT2D eigenvalue weighted by atomic mass is 10.1. The molecular weight excluding hydrogens is 315 g/mol. The Hall–Kier alpha value is -2.10. The maximum atomic E-state index is 12.1. The molecule has 1 aromatic carbocycles. The van der Waals surface area contributed by atoms with E-state index in [0.29, 0.717) is 5.75 Å². The molecule has 0 aliphatic heterocycles. The molecule has 1 aromatic rings. The molecule has 0 saturated heterocycles. The van der Waals surface area contributed by atoms with Gasteiger partial charge in [0, 0.05) is 12.5 Å². The van der Waals surface area contributed by atoms with Crippen LogP contribution in [0.2, 0.25) is 0 Å². The monoisotopic (exact) mass is 325 g/mol. The van der Waals surface area contributed by atoms with Crippen molar-refractivity contribution in [1.29, 1.82) is 0 Å². The number of rotatable bonds is 5. The fourth-order valence-electron chi connectivity index (χ4n) is 1.20. The molecule has 0 aromatic heterocycles. The van der Waals surface area contributed by atoms with Gasteiger partial charge in [0.05, 0.1) is 7.11 Å². The molecule has 0 spiro atoms. The minimum absolute atomic E-state index is 0.0840. The third-order valence-electron chi connectivity index (χ3n) is 2.21. The predicted molar refractivity (Wildman–Crippen MR) is 66.3 cm³/mol. The van der Waals surface area contributed by atoms with Crippen LogP contribution in [-0.2, 0) is 19.2 Å². The molecule has 0 heterocycles. The fraction of sp³-hybridized carbons (Fsp3) is 0.273. The number of carbonyl (C=O) groups is 1. The first-order chi connectivity index (χ1) is 9.58. The Morgan fingerprint density at radius 1 is 1.19 bits per heavy atom. The molecule has 0 fully saturated rings. The SMILES string of the molecule is COc1ccc(C(=NOS(=O)(=O)C(F)(F)F)C(C)=O)cc1. The Morgan fingerprint density at radius 2 is 1.71 bits per heavy atom. The van der Waals surface area contributed by atoms with Crippen LogP contribution in [0, 0.1) is 0 Å². The molecule has 21 heavy (non-hydrogen) atoms. The lowest BCUT2D eigenvalue weighted by Gasteiger charge is -2.07. The van der Waals surface area contributed by atoms with Gasteiger partial charge in [0.2, 0.25) is 0 Å². The van der Waals surface area contributed by atoms with Gasteiger partial charge < -0.3 is 4.74 Å². The average molecular weight is 325 g/mol. The van der Waals surface area contributed by atoms with Crippen LogP contribution in [0.1, 0.15) is 12.5 Å². The van der Waals surface area contributed by atoms with Crippen LogP contribution in [-0.4, -0.2) is 32.5 Å². The number of benzene rings is 1. The Morgan fingerprint density at radius 3 is 2.10 bits per heavy atom. The van der Waals surface area contributed by atoms with Crippen LogP contribution in [0.25, 0.3) is 0 Å². The first-order valence-corrected chi connectivity index (χ1v) is 6.72. The maximum absolute atomic E-state index is 12.1. The molecule has 10 heteroatoms. The number of ketones is 1. The summed E-state index contributed by atoms with van der Waals surface area (Å²) in [7, 11) is -4.51. The van der Waals surface area contributed by atoms with E-state index in [1.165, 1.54) is 31.4 Å². The normalized spacial score (nSPS) is 12.9. The van der Waals surface area contributed by atoms with Gasteiger partial charge in [0.15, 0.2) is 11.5 Å². The Bertz CT molecular complexity index is 649. The number of ether oxygens (including phenoxy) is 1. The summed E-state index contributed by atoms with van der Waals surface area (Å²) in [6.07, 6.45) is 0. The Kier molecular flexibility index (Phi) is 4.94. The van der Waals surface area contributed by atoms with E-state index in [2.05, 4.69) is 9.44 Å². The van der Waals surface area contributed by atoms with Crippen LogP contribution < -0.4 is 4.74 Å². The number of oxime groups is 1. The zero-order valence-corrected chi connectivity index (χ0v) is 11.7. The summed E-state index contributed by atoms with van der Waals surface area (Å²) in [5.74, 6) is -0.331. The van der Waals surface area contributed by atoms with E-state index >= 15 is 0 Å². The lowest BCUT2D eigenvalue weighted by Crippen LogP contribution is -2.25. The quantitative estimate of drug-likeness (QED) is 0.469. The summed E-state index contributed by atoms with van der Waals surface area (Å²) >= 11 is 0. The highest BCUT2D eigenvalue weighted by Crippen LogP contribution is 2.25. The highest BCUT2D eigenvalue weighted by atomic mass is 32.2. The Labute approximate surface area is 118 Å². The van der Waals surface area contributed by atoms with Crippen molar-refractivity contribution >= 4 is 21.6 Å². The number of Topliss-reactive ketones (excluding diaryl/α,β-unsaturated/α-hetero) is 1. The minimum atomic E-state index is -5.91. The third-order valence-corrected chi connectivity index (χ3v) is 3.04. The van der Waals surface area contributed by atoms with Crippen LogP contribution in [0.15, 0.2) is 29.4 Å². The summed E-state index contributed by atoms with van der Waals surface area (Å²) in [5, 5.41) is 2.81. The fourth-order valence-corrected chi connectivity index (χ4v) is 1.45. The smallest absolute Gasteiger partial charge is 0.497 e. The van der Waals surface area contributed by atoms with Crippen LogP contribution in [0.3, 0.4) is 0 Å². The topological polar surface area (TPSA) is 82.0 Å². The third kappa shape index (κ3) is 4.18. The minimum Gasteiger partial charge on any atom is -0.497 e. The Balaban J connectivity index is 3.13. The number of hydrogen-bond donors (Lipinski definition) is 0. The van der Waals surface area contributed by atoms with E-state index in [0.717, 1.165) is 6.92 Å². The summed E-state index contributed by atoms with van der Waals surface area (Å²) in [4.78, 5) is 11.3. The standard InChI is InChI=1S/C11H10F3NO5S/c1-7(16)10(8-3-5-9(19-2)6-4-8)15-20-21(17,18)11(12,13)14/h3-6H,1-2H3. The average Bonchev–Trinajstić information content (AvgIpc) is 2.37. The summed E-state index contributed by atoms with van der Waals surface area (Å²) in [6, 6.07) is 5.49. The van der Waals surface area contributed by atoms with Crippen LogP contribution >= 0.6 is 0 Å². The van der Waals surface area contributed by atoms with Crippen molar-refractivity contribution in [3.8, 4) is 5.75 Å². The van der Waals surface area contributed by atoms with Gasteiger partial charge in [-0.2, -0.15) is 21.6 Å². The van der Waals surface area contributed by atoms with E-state index in [4.69, 9.17) is 4.74 Å². The second kappa shape index (κ2) is 6.12. The van der Waals surface area contributed by atoms with Crippen LogP contribution in [0.5, 0.6) is 5.75 Å². The van der Waals surface area contributed by atoms with Gasteiger partial charge in [-0.1, -0.05) is 5.16 Å². The van der Waals surface area contributed by atoms with Crippen molar-refractivity contribution in [3.63, 3.8) is 0 Å². The first kappa shape index (κ1) is 17.0. The van der Waals surface area contributed by atoms with Gasteiger partial charge in [-0.05, 0) is 24.3 Å². The zero-order chi connectivity index (χ0) is 16.3. The van der Waals surface area contributed by atoms with Crippen molar-refractivity contribution in [2.24, 2.45) is 5.16 Å². The molecular formula is C11H10F3NO5S. The number of nitrogens with zero attached hydrogens (tertiary/aromatic N) is 1. The molecule has 0 aliphatic carbocycles. The van der Waals surface area contributed by atoms with Gasteiger partial charge in [-0.3, -0.25) is 9.08 Å². The molecule has 0 aliphatic rings. The molecule has 0 unspecified atom stereocenters. The predicted octanol–water partition coefficient (Wildman–Crippen LogP) is 1.85. The van der Waals surface area contributed by atoms with E-state index in [1.54, 1.807) is 0 Å². The first-order valence-electron chi connectivity index (χ1n) is 5.32. The molecule has 0 atom stereocenters. The van der Waals surface area contributed by atoms with Gasteiger partial charge in [-0.25, -0.2) is 0 Å². The van der Waals surface area contributed by atoms with E-state index in [9.17, 15) is 26.4 Å². The van der Waals surface area contributed by atoms with Crippen LogP contribution in [0.4, 0.5) is 13.2 Å². The number of alkyl halides is 3. The van der Waals surface area contributed by atoms with Crippen molar-refractivity contribution in [2.45, 2.75) is 12.4 Å². The number of methoxy groups -OCH3 is 1. The van der Waals surface area contributed by atoms with Crippen molar-refractivity contribution in [3.05, 3.63) is 29.8 Å². The van der Waals surface area contributed by atoms with Gasteiger partial charge in [-0.15, -0.1) is 0 Å². The molecule has 0 bridgehead atoms. The second-order valence-electron chi connectivity index (χ2n) is 3.70. The van der Waals surface area contributed by atoms with E-state index < -0.39 is 27.1 Å². The molecule has 0 saturated carbocycles. The maximum Gasteiger partial charge on any atom is 0.536 e. The van der Waals surface area contributed by atoms with Gasteiger partial charge >= 0.3 is 15.6 Å². The van der Waals surface area contributed by atoms with Crippen molar-refractivity contribution in [1.82, 2.24) is 0 Å². The van der Waals surface area contributed by atoms with E-state index in [1.807, 2.05) is 0 Å². The highest BCUT2D eigenvalue weighted by Gasteiger charge is 2.49. The zero-order valence-electron chi connectivity index (χ0n) is 10.8. The van der Waals surface area contributed by atoms with Crippen molar-refractivity contribution in [2.75, 3.05) is 7.11 Å². The number of halogens is 3. The molecule has 1 rings (SSSR count). The number of carbonyl (C=O) groups excluding carboxylic acids is 1. The van der Waals surface area contributed by atoms with Gasteiger partial charge in [0.1, 0.15) is 5.75 Å². The molecule has 0 N–H and O–H groups in total. The van der Waals surface area contributed by atoms with Gasteiger partial charge in [0.25, 0.3) is 0 Å². The van der Waals surface area contributed by atoms with E-state index in [-0.39, 0.29) is 5.56 Å². The molecule has 0 radical (unpaired) electrons. The largest absolute Gasteiger partial charge is 0.536 e. The summed E-state index contributed by atoms with van der Waals surface area (Å²) < 4.78 is 66.1. The highest BCUT2D eigenvalue weighted by molar-refractivity contribution is 7.87. The molecule has 116 valence electrons.